The van der Waals surface area contributed by atoms with Crippen LogP contribution in [0.2, 0.25) is 0 Å². The molecule has 0 bridgehead atoms. The van der Waals surface area contributed by atoms with Crippen molar-refractivity contribution in [3.63, 3.8) is 0 Å². The Morgan fingerprint density at radius 3 is 2.20 bits per heavy atom. The van der Waals surface area contributed by atoms with Crippen LogP contribution in [0.25, 0.3) is 0 Å². The molecule has 84 valence electrons. The van der Waals surface area contributed by atoms with Crippen molar-refractivity contribution in [2.24, 2.45) is 0 Å². The van der Waals surface area contributed by atoms with Crippen LogP contribution < -0.4 is 4.72 Å². The fraction of sp³-hybridized carbons (Fsp3) is 0.455. The van der Waals surface area contributed by atoms with Gasteiger partial charge in [-0.25, -0.2) is 13.1 Å². The van der Waals surface area contributed by atoms with E-state index in [1.807, 2.05) is 38.1 Å². The van der Waals surface area contributed by atoms with Crippen LogP contribution in [-0.4, -0.2) is 14.7 Å². The minimum absolute atomic E-state index is 0.124. The van der Waals surface area contributed by atoms with Crippen LogP contribution in [0.3, 0.4) is 0 Å². The van der Waals surface area contributed by atoms with E-state index in [4.69, 9.17) is 0 Å². The zero-order valence-corrected chi connectivity index (χ0v) is 10.1. The van der Waals surface area contributed by atoms with Gasteiger partial charge in [-0.15, -0.1) is 0 Å². The summed E-state index contributed by atoms with van der Waals surface area (Å²) in [6, 6.07) is 7.77. The average Bonchev–Trinajstić information content (AvgIpc) is 2.14. The first kappa shape index (κ1) is 12.2. The summed E-state index contributed by atoms with van der Waals surface area (Å²) in [5.41, 5.74) is 2.18. The predicted molar refractivity (Wildman–Crippen MR) is 62.2 cm³/mol. The Labute approximate surface area is 91.6 Å². The predicted octanol–water partition coefficient (Wildman–Crippen LogP) is 2.00. The van der Waals surface area contributed by atoms with Gasteiger partial charge in [0.25, 0.3) is 0 Å². The number of sulfonamides is 1. The zero-order chi connectivity index (χ0) is 11.5. The molecule has 0 amide bonds. The molecule has 1 rings (SSSR count). The third-order valence-corrected chi connectivity index (χ3v) is 2.96. The molecule has 0 aromatic heterocycles. The lowest BCUT2D eigenvalue weighted by Crippen LogP contribution is -2.26. The SMILES string of the molecule is CC[C@@H](NS(C)(=O)=O)c1ccc(C)cc1. The molecule has 1 aromatic carbocycles. The number of hydrogen-bond donors (Lipinski definition) is 1. The fourth-order valence-corrected chi connectivity index (χ4v) is 2.26. The first-order valence-corrected chi connectivity index (χ1v) is 6.85. The van der Waals surface area contributed by atoms with Crippen molar-refractivity contribution in [1.82, 2.24) is 4.72 Å². The molecule has 1 aromatic rings. The Kier molecular flexibility index (Phi) is 3.88. The number of aryl methyl sites for hydroxylation is 1. The van der Waals surface area contributed by atoms with Gasteiger partial charge < -0.3 is 0 Å². The minimum atomic E-state index is -3.14. The van der Waals surface area contributed by atoms with Gasteiger partial charge in [-0.1, -0.05) is 36.8 Å². The molecule has 1 N–H and O–H groups in total. The molecular formula is C11H17NO2S. The van der Waals surface area contributed by atoms with E-state index in [0.29, 0.717) is 0 Å². The minimum Gasteiger partial charge on any atom is -0.213 e. The highest BCUT2D eigenvalue weighted by atomic mass is 32.2. The second kappa shape index (κ2) is 4.77. The highest BCUT2D eigenvalue weighted by Gasteiger charge is 2.13. The topological polar surface area (TPSA) is 46.2 Å². The molecule has 0 aliphatic carbocycles. The molecular weight excluding hydrogens is 210 g/mol. The summed E-state index contributed by atoms with van der Waals surface area (Å²) in [6.07, 6.45) is 1.93. The average molecular weight is 227 g/mol. The second-order valence-electron chi connectivity index (χ2n) is 3.76. The lowest BCUT2D eigenvalue weighted by atomic mass is 10.0. The van der Waals surface area contributed by atoms with E-state index in [1.54, 1.807) is 0 Å². The van der Waals surface area contributed by atoms with Crippen LogP contribution >= 0.6 is 0 Å². The van der Waals surface area contributed by atoms with Gasteiger partial charge in [0.05, 0.1) is 6.26 Å². The molecule has 0 aliphatic heterocycles. The van der Waals surface area contributed by atoms with Gasteiger partial charge in [0.1, 0.15) is 0 Å². The molecule has 0 saturated carbocycles. The van der Waals surface area contributed by atoms with E-state index in [9.17, 15) is 8.42 Å². The van der Waals surface area contributed by atoms with Gasteiger partial charge in [0, 0.05) is 6.04 Å². The van der Waals surface area contributed by atoms with Crippen molar-refractivity contribution in [2.75, 3.05) is 6.26 Å². The number of nitrogens with one attached hydrogen (secondary N) is 1. The maximum Gasteiger partial charge on any atom is 0.209 e. The molecule has 0 spiro atoms. The van der Waals surface area contributed by atoms with Gasteiger partial charge in [-0.2, -0.15) is 0 Å². The van der Waals surface area contributed by atoms with E-state index < -0.39 is 10.0 Å². The molecule has 0 fully saturated rings. The third-order valence-electron chi connectivity index (χ3n) is 2.24. The van der Waals surface area contributed by atoms with Crippen LogP contribution in [0.5, 0.6) is 0 Å². The lowest BCUT2D eigenvalue weighted by molar-refractivity contribution is 0.555. The van der Waals surface area contributed by atoms with Gasteiger partial charge in [-0.05, 0) is 18.9 Å². The Bertz CT molecular complexity index is 409. The maximum atomic E-state index is 11.1. The van der Waals surface area contributed by atoms with E-state index >= 15 is 0 Å². The van der Waals surface area contributed by atoms with Crippen molar-refractivity contribution < 1.29 is 8.42 Å². The van der Waals surface area contributed by atoms with Crippen molar-refractivity contribution in [2.45, 2.75) is 26.3 Å². The highest BCUT2D eigenvalue weighted by Crippen LogP contribution is 2.17. The Balaban J connectivity index is 2.88. The van der Waals surface area contributed by atoms with Gasteiger partial charge in [0.15, 0.2) is 0 Å². The van der Waals surface area contributed by atoms with Gasteiger partial charge in [0.2, 0.25) is 10.0 Å². The summed E-state index contributed by atoms with van der Waals surface area (Å²) in [6.45, 7) is 3.97. The van der Waals surface area contributed by atoms with Gasteiger partial charge in [-0.3, -0.25) is 0 Å². The van der Waals surface area contributed by atoms with Crippen molar-refractivity contribution in [1.29, 1.82) is 0 Å². The fourth-order valence-electron chi connectivity index (χ4n) is 1.44. The van der Waals surface area contributed by atoms with E-state index in [0.717, 1.165) is 12.0 Å². The van der Waals surface area contributed by atoms with Crippen LogP contribution in [-0.2, 0) is 10.0 Å². The van der Waals surface area contributed by atoms with Crippen molar-refractivity contribution in [3.8, 4) is 0 Å². The molecule has 0 aliphatic rings. The molecule has 0 radical (unpaired) electrons. The maximum absolute atomic E-state index is 11.1. The first-order chi connectivity index (χ1) is 6.92. The Hall–Kier alpha value is -0.870. The summed E-state index contributed by atoms with van der Waals surface area (Å²) < 4.78 is 24.9. The van der Waals surface area contributed by atoms with E-state index in [2.05, 4.69) is 4.72 Å². The lowest BCUT2D eigenvalue weighted by Gasteiger charge is -2.15. The Morgan fingerprint density at radius 2 is 1.80 bits per heavy atom. The molecule has 0 heterocycles. The summed E-state index contributed by atoms with van der Waals surface area (Å²) in [5.74, 6) is 0. The first-order valence-electron chi connectivity index (χ1n) is 4.96. The molecule has 3 nitrogen and oxygen atoms in total. The number of benzene rings is 1. The van der Waals surface area contributed by atoms with Crippen molar-refractivity contribution in [3.05, 3.63) is 35.4 Å². The monoisotopic (exact) mass is 227 g/mol. The van der Waals surface area contributed by atoms with Gasteiger partial charge >= 0.3 is 0 Å². The van der Waals surface area contributed by atoms with Crippen LogP contribution in [0.4, 0.5) is 0 Å². The second-order valence-corrected chi connectivity index (χ2v) is 5.54. The molecule has 15 heavy (non-hydrogen) atoms. The number of hydrogen-bond acceptors (Lipinski definition) is 2. The highest BCUT2D eigenvalue weighted by molar-refractivity contribution is 7.88. The Morgan fingerprint density at radius 1 is 1.27 bits per heavy atom. The quantitative estimate of drug-likeness (QED) is 0.855. The summed E-state index contributed by atoms with van der Waals surface area (Å²) >= 11 is 0. The summed E-state index contributed by atoms with van der Waals surface area (Å²) in [7, 11) is -3.14. The van der Waals surface area contributed by atoms with Crippen LogP contribution in [0, 0.1) is 6.92 Å². The standard InChI is InChI=1S/C11H17NO2S/c1-4-11(12-15(3,13)14)10-7-5-9(2)6-8-10/h5-8,11-12H,4H2,1-3H3/t11-/m1/s1. The molecule has 1 atom stereocenters. The largest absolute Gasteiger partial charge is 0.213 e. The number of rotatable bonds is 4. The molecule has 4 heteroatoms. The molecule has 0 unspecified atom stereocenters. The van der Waals surface area contributed by atoms with E-state index in [-0.39, 0.29) is 6.04 Å². The van der Waals surface area contributed by atoms with Crippen LogP contribution in [0.1, 0.15) is 30.5 Å². The normalized spacial score (nSPS) is 13.8. The smallest absolute Gasteiger partial charge is 0.209 e. The summed E-state index contributed by atoms with van der Waals surface area (Å²) in [5, 5.41) is 0. The molecule has 0 saturated heterocycles. The van der Waals surface area contributed by atoms with E-state index in [1.165, 1.54) is 11.8 Å². The zero-order valence-electron chi connectivity index (χ0n) is 9.32. The summed E-state index contributed by atoms with van der Waals surface area (Å²) in [4.78, 5) is 0. The third kappa shape index (κ3) is 4.01. The van der Waals surface area contributed by atoms with Crippen LogP contribution in [0.15, 0.2) is 24.3 Å². The van der Waals surface area contributed by atoms with Crippen molar-refractivity contribution >= 4 is 10.0 Å².